The predicted molar refractivity (Wildman–Crippen MR) is 101 cm³/mol. The van der Waals surface area contributed by atoms with Gasteiger partial charge >= 0.3 is 0 Å². The van der Waals surface area contributed by atoms with Crippen molar-refractivity contribution in [3.8, 4) is 0 Å². The van der Waals surface area contributed by atoms with Gasteiger partial charge in [0.1, 0.15) is 22.8 Å². The summed E-state index contributed by atoms with van der Waals surface area (Å²) in [4.78, 5) is 18.1. The SMILES string of the molecule is CCc1cc2c(NCc3cccnc3N3CCOCC3)ncnc2s1. The molecule has 0 radical (unpaired) electrons. The topological polar surface area (TPSA) is 63.2 Å². The summed E-state index contributed by atoms with van der Waals surface area (Å²) in [7, 11) is 0. The van der Waals surface area contributed by atoms with E-state index in [2.05, 4.69) is 44.2 Å². The minimum Gasteiger partial charge on any atom is -0.378 e. The minimum atomic E-state index is 0.684. The average Bonchev–Trinajstić information content (AvgIpc) is 3.11. The van der Waals surface area contributed by atoms with Gasteiger partial charge in [-0.2, -0.15) is 0 Å². The molecule has 0 aliphatic carbocycles. The molecule has 0 unspecified atom stereocenters. The number of morpholine rings is 1. The minimum absolute atomic E-state index is 0.684. The summed E-state index contributed by atoms with van der Waals surface area (Å²) in [5.74, 6) is 1.92. The molecule has 4 heterocycles. The number of hydrogen-bond acceptors (Lipinski definition) is 7. The van der Waals surface area contributed by atoms with E-state index < -0.39 is 0 Å². The fraction of sp³-hybridized carbons (Fsp3) is 0.389. The Kier molecular flexibility index (Phi) is 4.76. The average molecular weight is 355 g/mol. The van der Waals surface area contributed by atoms with Gasteiger partial charge in [0.25, 0.3) is 0 Å². The van der Waals surface area contributed by atoms with Crippen molar-refractivity contribution >= 4 is 33.2 Å². The van der Waals surface area contributed by atoms with Gasteiger partial charge in [-0.1, -0.05) is 13.0 Å². The van der Waals surface area contributed by atoms with Gasteiger partial charge in [0.05, 0.1) is 18.6 Å². The van der Waals surface area contributed by atoms with Crippen molar-refractivity contribution < 1.29 is 4.74 Å². The molecule has 1 aliphatic rings. The quantitative estimate of drug-likeness (QED) is 0.759. The number of ether oxygens (including phenoxy) is 1. The lowest BCUT2D eigenvalue weighted by Crippen LogP contribution is -2.37. The fourth-order valence-corrected chi connectivity index (χ4v) is 3.96. The normalized spacial score (nSPS) is 14.8. The van der Waals surface area contributed by atoms with Crippen molar-refractivity contribution in [2.75, 3.05) is 36.5 Å². The summed E-state index contributed by atoms with van der Waals surface area (Å²) in [5.41, 5.74) is 1.17. The van der Waals surface area contributed by atoms with Crippen molar-refractivity contribution in [1.29, 1.82) is 0 Å². The van der Waals surface area contributed by atoms with Crippen LogP contribution in [-0.4, -0.2) is 41.3 Å². The highest BCUT2D eigenvalue weighted by atomic mass is 32.1. The largest absolute Gasteiger partial charge is 0.378 e. The van der Waals surface area contributed by atoms with Crippen LogP contribution >= 0.6 is 11.3 Å². The summed E-state index contributed by atoms with van der Waals surface area (Å²) in [6, 6.07) is 6.29. The highest BCUT2D eigenvalue weighted by Gasteiger charge is 2.16. The first-order valence-electron chi connectivity index (χ1n) is 8.59. The molecule has 25 heavy (non-hydrogen) atoms. The van der Waals surface area contributed by atoms with Crippen LogP contribution < -0.4 is 10.2 Å². The van der Waals surface area contributed by atoms with Gasteiger partial charge in [-0.3, -0.25) is 0 Å². The summed E-state index contributed by atoms with van der Waals surface area (Å²) in [6.07, 6.45) is 4.50. The van der Waals surface area contributed by atoms with Gasteiger partial charge in [0.15, 0.2) is 0 Å². The highest BCUT2D eigenvalue weighted by Crippen LogP contribution is 2.29. The standard InChI is InChI=1S/C18H21N5OS/c1-2-14-10-15-16(21-12-22-18(15)25-14)20-11-13-4-3-5-19-17(13)23-6-8-24-9-7-23/h3-5,10,12H,2,6-9,11H2,1H3,(H,20,21,22). The Bertz CT molecular complexity index is 860. The van der Waals surface area contributed by atoms with Gasteiger partial charge in [-0.15, -0.1) is 11.3 Å². The van der Waals surface area contributed by atoms with Crippen LogP contribution in [0.25, 0.3) is 10.2 Å². The number of hydrogen-bond donors (Lipinski definition) is 1. The van der Waals surface area contributed by atoms with Crippen LogP contribution in [0, 0.1) is 0 Å². The molecule has 0 atom stereocenters. The van der Waals surface area contributed by atoms with Crippen LogP contribution in [-0.2, 0) is 17.7 Å². The Labute approximate surface area is 150 Å². The van der Waals surface area contributed by atoms with E-state index in [0.29, 0.717) is 6.54 Å². The summed E-state index contributed by atoms with van der Waals surface area (Å²) in [5, 5.41) is 4.58. The van der Waals surface area contributed by atoms with Crippen LogP contribution in [0.4, 0.5) is 11.6 Å². The second-order valence-electron chi connectivity index (χ2n) is 5.95. The zero-order valence-corrected chi connectivity index (χ0v) is 15.1. The van der Waals surface area contributed by atoms with E-state index in [4.69, 9.17) is 4.74 Å². The van der Waals surface area contributed by atoms with Gasteiger partial charge in [-0.25, -0.2) is 15.0 Å². The third-order valence-electron chi connectivity index (χ3n) is 4.35. The maximum Gasteiger partial charge on any atom is 0.138 e. The maximum atomic E-state index is 5.45. The number of rotatable bonds is 5. The van der Waals surface area contributed by atoms with E-state index in [1.54, 1.807) is 17.7 Å². The number of nitrogens with one attached hydrogen (secondary N) is 1. The van der Waals surface area contributed by atoms with E-state index in [1.807, 2.05) is 12.3 Å². The van der Waals surface area contributed by atoms with Crippen LogP contribution in [0.15, 0.2) is 30.7 Å². The van der Waals surface area contributed by atoms with Gasteiger partial charge in [-0.05, 0) is 18.6 Å². The Hall–Kier alpha value is -2.25. The molecule has 4 rings (SSSR count). The lowest BCUT2D eigenvalue weighted by atomic mass is 10.2. The molecular weight excluding hydrogens is 334 g/mol. The molecule has 0 saturated carbocycles. The molecule has 1 N–H and O–H groups in total. The molecule has 1 fully saturated rings. The number of aryl methyl sites for hydroxylation is 1. The molecule has 6 nitrogen and oxygen atoms in total. The molecule has 1 aliphatic heterocycles. The Balaban J connectivity index is 1.57. The number of nitrogens with zero attached hydrogens (tertiary/aromatic N) is 4. The maximum absolute atomic E-state index is 5.45. The molecule has 0 aromatic carbocycles. The number of fused-ring (bicyclic) bond motifs is 1. The van der Waals surface area contributed by atoms with E-state index >= 15 is 0 Å². The van der Waals surface area contributed by atoms with E-state index in [0.717, 1.165) is 54.6 Å². The van der Waals surface area contributed by atoms with Gasteiger partial charge < -0.3 is 15.0 Å². The van der Waals surface area contributed by atoms with E-state index in [9.17, 15) is 0 Å². The number of aromatic nitrogens is 3. The molecule has 0 amide bonds. The summed E-state index contributed by atoms with van der Waals surface area (Å²) < 4.78 is 5.45. The molecule has 7 heteroatoms. The van der Waals surface area contributed by atoms with Gasteiger partial charge in [0, 0.05) is 36.3 Å². The van der Waals surface area contributed by atoms with E-state index in [-0.39, 0.29) is 0 Å². The molecule has 0 bridgehead atoms. The lowest BCUT2D eigenvalue weighted by molar-refractivity contribution is 0.122. The number of anilines is 2. The fourth-order valence-electron chi connectivity index (χ4n) is 3.03. The first kappa shape index (κ1) is 16.2. The van der Waals surface area contributed by atoms with Crippen molar-refractivity contribution in [2.24, 2.45) is 0 Å². The van der Waals surface area contributed by atoms with Crippen LogP contribution in [0.3, 0.4) is 0 Å². The van der Waals surface area contributed by atoms with Crippen molar-refractivity contribution in [1.82, 2.24) is 15.0 Å². The molecule has 3 aromatic heterocycles. The van der Waals surface area contributed by atoms with Crippen molar-refractivity contribution in [3.63, 3.8) is 0 Å². The molecule has 130 valence electrons. The third kappa shape index (κ3) is 3.43. The van der Waals surface area contributed by atoms with Crippen LogP contribution in [0.2, 0.25) is 0 Å². The predicted octanol–water partition coefficient (Wildman–Crippen LogP) is 3.10. The smallest absolute Gasteiger partial charge is 0.138 e. The Morgan fingerprint density at radius 2 is 2.12 bits per heavy atom. The second kappa shape index (κ2) is 7.33. The van der Waals surface area contributed by atoms with Crippen molar-refractivity contribution in [3.05, 3.63) is 41.2 Å². The number of pyridine rings is 1. The molecule has 3 aromatic rings. The second-order valence-corrected chi connectivity index (χ2v) is 7.06. The van der Waals surface area contributed by atoms with Crippen LogP contribution in [0.5, 0.6) is 0 Å². The highest BCUT2D eigenvalue weighted by molar-refractivity contribution is 7.18. The summed E-state index contributed by atoms with van der Waals surface area (Å²) in [6.45, 7) is 6.12. The summed E-state index contributed by atoms with van der Waals surface area (Å²) >= 11 is 1.73. The van der Waals surface area contributed by atoms with Crippen molar-refractivity contribution in [2.45, 2.75) is 19.9 Å². The lowest BCUT2D eigenvalue weighted by Gasteiger charge is -2.29. The van der Waals surface area contributed by atoms with Crippen LogP contribution in [0.1, 0.15) is 17.4 Å². The molecule has 0 spiro atoms. The van der Waals surface area contributed by atoms with Gasteiger partial charge in [0.2, 0.25) is 0 Å². The third-order valence-corrected chi connectivity index (χ3v) is 5.54. The Morgan fingerprint density at radius 3 is 2.96 bits per heavy atom. The monoisotopic (exact) mass is 355 g/mol. The number of thiophene rings is 1. The Morgan fingerprint density at radius 1 is 1.24 bits per heavy atom. The van der Waals surface area contributed by atoms with E-state index in [1.165, 1.54) is 10.4 Å². The molecule has 1 saturated heterocycles. The first-order chi connectivity index (χ1) is 12.3. The first-order valence-corrected chi connectivity index (χ1v) is 9.40. The zero-order valence-electron chi connectivity index (χ0n) is 14.2. The molecular formula is C18H21N5OS. The zero-order chi connectivity index (χ0) is 17.1.